The Morgan fingerprint density at radius 2 is 1.75 bits per heavy atom. The average molecular weight is 454 g/mol. The Labute approximate surface area is 191 Å². The van der Waals surface area contributed by atoms with E-state index >= 15 is 0 Å². The van der Waals surface area contributed by atoms with Crippen molar-refractivity contribution in [3.63, 3.8) is 0 Å². The van der Waals surface area contributed by atoms with E-state index in [0.717, 1.165) is 12.1 Å². The lowest BCUT2D eigenvalue weighted by Crippen LogP contribution is -2.18. The van der Waals surface area contributed by atoms with Crippen LogP contribution >= 0.6 is 11.8 Å². The number of carbonyl (C=O) groups excluding carboxylic acids is 2. The van der Waals surface area contributed by atoms with Crippen molar-refractivity contribution in [3.05, 3.63) is 59.9 Å². The Kier molecular flexibility index (Phi) is 8.27. The molecule has 0 saturated carbocycles. The van der Waals surface area contributed by atoms with Gasteiger partial charge in [-0.15, -0.1) is 10.2 Å². The molecule has 0 bridgehead atoms. The van der Waals surface area contributed by atoms with Gasteiger partial charge in [0.2, 0.25) is 11.8 Å². The molecule has 0 radical (unpaired) electrons. The van der Waals surface area contributed by atoms with Gasteiger partial charge in [-0.2, -0.15) is 0 Å². The highest BCUT2D eigenvalue weighted by molar-refractivity contribution is 7.99. The normalized spacial score (nSPS) is 10.6. The third kappa shape index (κ3) is 6.34. The predicted molar refractivity (Wildman–Crippen MR) is 126 cm³/mol. The summed E-state index contributed by atoms with van der Waals surface area (Å²) in [5, 5.41) is 14.7. The Morgan fingerprint density at radius 3 is 2.44 bits per heavy atom. The molecule has 8 nitrogen and oxygen atoms in total. The third-order valence-electron chi connectivity index (χ3n) is 4.76. The summed E-state index contributed by atoms with van der Waals surface area (Å²) in [5.41, 5.74) is 2.63. The summed E-state index contributed by atoms with van der Waals surface area (Å²) in [4.78, 5) is 24.8. The largest absolute Gasteiger partial charge is 0.497 e. The van der Waals surface area contributed by atoms with Crippen LogP contribution in [0, 0.1) is 0 Å². The molecule has 9 heteroatoms. The molecule has 3 rings (SSSR count). The summed E-state index contributed by atoms with van der Waals surface area (Å²) in [6.45, 7) is 4.63. The fourth-order valence-electron chi connectivity index (χ4n) is 3.07. The molecule has 1 heterocycles. The van der Waals surface area contributed by atoms with Crippen LogP contribution in [-0.4, -0.2) is 39.4 Å². The van der Waals surface area contributed by atoms with Crippen molar-refractivity contribution in [1.82, 2.24) is 14.8 Å². The summed E-state index contributed by atoms with van der Waals surface area (Å²) >= 11 is 1.29. The Balaban J connectivity index is 1.56. The number of rotatable bonds is 10. The average Bonchev–Trinajstić information content (AvgIpc) is 3.19. The molecule has 0 spiro atoms. The Morgan fingerprint density at radius 1 is 1.00 bits per heavy atom. The SMILES string of the molecule is CCc1ccc(NC(=O)CSc2nnc(CC(=O)Nc3cccc(OC)c3)n2CC)cc1. The van der Waals surface area contributed by atoms with Crippen LogP contribution in [0.2, 0.25) is 0 Å². The van der Waals surface area contributed by atoms with Crippen LogP contribution in [-0.2, 0) is 29.0 Å². The highest BCUT2D eigenvalue weighted by Gasteiger charge is 2.16. The number of hydrogen-bond acceptors (Lipinski definition) is 6. The number of thioether (sulfide) groups is 1. The fourth-order valence-corrected chi connectivity index (χ4v) is 3.90. The van der Waals surface area contributed by atoms with Gasteiger partial charge in [0.05, 0.1) is 19.3 Å². The van der Waals surface area contributed by atoms with Crippen molar-refractivity contribution in [2.45, 2.75) is 38.4 Å². The number of methoxy groups -OCH3 is 1. The first-order chi connectivity index (χ1) is 15.5. The second kappa shape index (κ2) is 11.3. The number of benzene rings is 2. The molecular formula is C23H27N5O3S. The van der Waals surface area contributed by atoms with Gasteiger partial charge < -0.3 is 19.9 Å². The highest BCUT2D eigenvalue weighted by atomic mass is 32.2. The predicted octanol–water partition coefficient (Wildman–Crippen LogP) is 3.78. The van der Waals surface area contributed by atoms with Gasteiger partial charge in [-0.05, 0) is 43.2 Å². The molecule has 0 aliphatic carbocycles. The van der Waals surface area contributed by atoms with Crippen LogP contribution in [0.25, 0.3) is 0 Å². The quantitative estimate of drug-likeness (QED) is 0.454. The second-order valence-electron chi connectivity index (χ2n) is 6.99. The topological polar surface area (TPSA) is 98.1 Å². The summed E-state index contributed by atoms with van der Waals surface area (Å²) in [7, 11) is 1.58. The fraction of sp³-hybridized carbons (Fsp3) is 0.304. The molecule has 2 aromatic carbocycles. The van der Waals surface area contributed by atoms with E-state index in [0.29, 0.717) is 29.0 Å². The number of hydrogen-bond donors (Lipinski definition) is 2. The molecule has 3 aromatic rings. The first-order valence-corrected chi connectivity index (χ1v) is 11.4. The molecule has 168 valence electrons. The van der Waals surface area contributed by atoms with E-state index in [1.54, 1.807) is 25.3 Å². The molecule has 2 amide bonds. The number of anilines is 2. The van der Waals surface area contributed by atoms with Crippen molar-refractivity contribution in [2.75, 3.05) is 23.5 Å². The molecule has 0 fully saturated rings. The Hall–Kier alpha value is -3.33. The summed E-state index contributed by atoms with van der Waals surface area (Å²) < 4.78 is 7.02. The summed E-state index contributed by atoms with van der Waals surface area (Å²) in [6, 6.07) is 14.9. The van der Waals surface area contributed by atoms with Crippen LogP contribution in [0.15, 0.2) is 53.7 Å². The molecule has 32 heavy (non-hydrogen) atoms. The minimum absolute atomic E-state index is 0.0780. The maximum absolute atomic E-state index is 12.5. The van der Waals surface area contributed by atoms with E-state index in [4.69, 9.17) is 4.74 Å². The number of carbonyl (C=O) groups is 2. The van der Waals surface area contributed by atoms with E-state index < -0.39 is 0 Å². The number of nitrogens with zero attached hydrogens (tertiary/aromatic N) is 3. The smallest absolute Gasteiger partial charge is 0.234 e. The van der Waals surface area contributed by atoms with Crippen molar-refractivity contribution in [1.29, 1.82) is 0 Å². The highest BCUT2D eigenvalue weighted by Crippen LogP contribution is 2.20. The van der Waals surface area contributed by atoms with Gasteiger partial charge in [-0.3, -0.25) is 9.59 Å². The molecule has 0 aliphatic rings. The third-order valence-corrected chi connectivity index (χ3v) is 5.73. The number of ether oxygens (including phenoxy) is 1. The van der Waals surface area contributed by atoms with Gasteiger partial charge in [0.15, 0.2) is 5.16 Å². The zero-order chi connectivity index (χ0) is 22.9. The minimum atomic E-state index is -0.204. The van der Waals surface area contributed by atoms with Gasteiger partial charge in [-0.1, -0.05) is 36.9 Å². The molecule has 0 atom stereocenters. The second-order valence-corrected chi connectivity index (χ2v) is 7.93. The van der Waals surface area contributed by atoms with Crippen LogP contribution < -0.4 is 15.4 Å². The van der Waals surface area contributed by atoms with E-state index in [1.165, 1.54) is 17.3 Å². The monoisotopic (exact) mass is 453 g/mol. The lowest BCUT2D eigenvalue weighted by Gasteiger charge is -2.09. The van der Waals surface area contributed by atoms with Gasteiger partial charge >= 0.3 is 0 Å². The van der Waals surface area contributed by atoms with E-state index in [9.17, 15) is 9.59 Å². The lowest BCUT2D eigenvalue weighted by atomic mass is 10.1. The van der Waals surface area contributed by atoms with Crippen molar-refractivity contribution in [2.24, 2.45) is 0 Å². The summed E-state index contributed by atoms with van der Waals surface area (Å²) in [6.07, 6.45) is 1.03. The number of aryl methyl sites for hydroxylation is 1. The molecule has 2 N–H and O–H groups in total. The maximum Gasteiger partial charge on any atom is 0.234 e. The number of aromatic nitrogens is 3. The molecular weight excluding hydrogens is 426 g/mol. The van der Waals surface area contributed by atoms with E-state index in [-0.39, 0.29) is 24.0 Å². The van der Waals surface area contributed by atoms with Crippen LogP contribution in [0.5, 0.6) is 5.75 Å². The van der Waals surface area contributed by atoms with E-state index in [1.807, 2.05) is 41.8 Å². The Bertz CT molecular complexity index is 1070. The van der Waals surface area contributed by atoms with Gasteiger partial charge in [0, 0.05) is 24.0 Å². The molecule has 1 aromatic heterocycles. The lowest BCUT2D eigenvalue weighted by molar-refractivity contribution is -0.116. The van der Waals surface area contributed by atoms with Gasteiger partial charge in [-0.25, -0.2) is 0 Å². The summed E-state index contributed by atoms with van der Waals surface area (Å²) in [5.74, 6) is 1.08. The van der Waals surface area contributed by atoms with Crippen LogP contribution in [0.3, 0.4) is 0 Å². The van der Waals surface area contributed by atoms with Crippen LogP contribution in [0.4, 0.5) is 11.4 Å². The standard InChI is InChI=1S/C23H27N5O3S/c1-4-16-9-11-17(12-10-16)24-22(30)15-32-23-27-26-20(28(23)5-2)14-21(29)25-18-7-6-8-19(13-18)31-3/h6-13H,4-5,14-15H2,1-3H3,(H,24,30)(H,25,29). The van der Waals surface area contributed by atoms with Crippen LogP contribution in [0.1, 0.15) is 25.2 Å². The first-order valence-electron chi connectivity index (χ1n) is 10.4. The van der Waals surface area contributed by atoms with Gasteiger partial charge in [0.1, 0.15) is 11.6 Å². The molecule has 0 aliphatic heterocycles. The van der Waals surface area contributed by atoms with Crippen molar-refractivity contribution < 1.29 is 14.3 Å². The minimum Gasteiger partial charge on any atom is -0.497 e. The molecule has 0 unspecified atom stereocenters. The first kappa shape index (κ1) is 23.3. The molecule has 0 saturated heterocycles. The maximum atomic E-state index is 12.5. The van der Waals surface area contributed by atoms with Gasteiger partial charge in [0.25, 0.3) is 0 Å². The number of nitrogens with one attached hydrogen (secondary N) is 2. The van der Waals surface area contributed by atoms with Crippen molar-refractivity contribution >= 4 is 35.0 Å². The van der Waals surface area contributed by atoms with Crippen molar-refractivity contribution in [3.8, 4) is 5.75 Å². The zero-order valence-corrected chi connectivity index (χ0v) is 19.2. The van der Waals surface area contributed by atoms with E-state index in [2.05, 4.69) is 27.8 Å². The zero-order valence-electron chi connectivity index (χ0n) is 18.4. The number of amides is 2.